The summed E-state index contributed by atoms with van der Waals surface area (Å²) in [5.41, 5.74) is 5.30. The van der Waals surface area contributed by atoms with Crippen molar-refractivity contribution in [2.75, 3.05) is 0 Å². The van der Waals surface area contributed by atoms with Crippen molar-refractivity contribution < 1.29 is 17.6 Å². The fourth-order valence-electron chi connectivity index (χ4n) is 1.49. The predicted molar refractivity (Wildman–Crippen MR) is 65.0 cm³/mol. The Morgan fingerprint density at radius 2 is 1.94 bits per heavy atom. The average Bonchev–Trinajstić information content (AvgIpc) is 2.15. The molecule has 6 heteroatoms. The van der Waals surface area contributed by atoms with Gasteiger partial charge in [0.1, 0.15) is 5.82 Å². The van der Waals surface area contributed by atoms with Crippen LogP contribution in [0, 0.1) is 5.82 Å². The summed E-state index contributed by atoms with van der Waals surface area (Å²) in [6.07, 6.45) is -4.25. The molecule has 102 valence electrons. The molecule has 0 saturated carbocycles. The molecule has 1 aromatic rings. The zero-order valence-corrected chi connectivity index (χ0v) is 10.5. The van der Waals surface area contributed by atoms with Gasteiger partial charge < -0.3 is 5.73 Å². The quantitative estimate of drug-likeness (QED) is 0.652. The van der Waals surface area contributed by atoms with Crippen molar-refractivity contribution in [1.29, 1.82) is 0 Å². The molecule has 0 aliphatic rings. The zero-order chi connectivity index (χ0) is 13.2. The fourth-order valence-corrected chi connectivity index (χ4v) is 1.49. The zero-order valence-electron chi connectivity index (χ0n) is 9.72. The van der Waals surface area contributed by atoms with Crippen molar-refractivity contribution in [3.05, 3.63) is 47.3 Å². The average molecular weight is 284 g/mol. The Morgan fingerprint density at radius 3 is 2.39 bits per heavy atom. The van der Waals surface area contributed by atoms with Gasteiger partial charge in [-0.05, 0) is 31.5 Å². The molecule has 0 heterocycles. The molecule has 1 rings (SSSR count). The van der Waals surface area contributed by atoms with Crippen LogP contribution in [0.25, 0.3) is 0 Å². The number of rotatable bonds is 3. The van der Waals surface area contributed by atoms with E-state index in [2.05, 4.69) is 6.58 Å². The molecule has 0 bridgehead atoms. The van der Waals surface area contributed by atoms with Crippen LogP contribution in [0.4, 0.5) is 17.6 Å². The van der Waals surface area contributed by atoms with Gasteiger partial charge in [-0.25, -0.2) is 4.39 Å². The molecular weight excluding hydrogens is 270 g/mol. The van der Waals surface area contributed by atoms with Crippen LogP contribution in [0.3, 0.4) is 0 Å². The first-order chi connectivity index (χ1) is 7.71. The van der Waals surface area contributed by atoms with E-state index < -0.39 is 23.6 Å². The third-order valence-corrected chi connectivity index (χ3v) is 2.29. The molecule has 1 atom stereocenters. The monoisotopic (exact) mass is 283 g/mol. The van der Waals surface area contributed by atoms with Crippen molar-refractivity contribution >= 4 is 12.4 Å². The van der Waals surface area contributed by atoms with E-state index >= 15 is 0 Å². The number of alkyl halides is 3. The highest BCUT2D eigenvalue weighted by molar-refractivity contribution is 5.85. The van der Waals surface area contributed by atoms with Crippen molar-refractivity contribution in [3.63, 3.8) is 0 Å². The molecule has 2 N–H and O–H groups in total. The summed E-state index contributed by atoms with van der Waals surface area (Å²) in [4.78, 5) is 0. The van der Waals surface area contributed by atoms with Gasteiger partial charge >= 0.3 is 6.18 Å². The van der Waals surface area contributed by atoms with Gasteiger partial charge in [0.2, 0.25) is 0 Å². The number of hydrogen-bond donors (Lipinski definition) is 1. The van der Waals surface area contributed by atoms with Crippen LogP contribution in [0.2, 0.25) is 0 Å². The molecular formula is C12H14ClF4N. The van der Waals surface area contributed by atoms with Crippen LogP contribution in [-0.2, 0) is 6.18 Å². The normalized spacial score (nSPS) is 12.8. The summed E-state index contributed by atoms with van der Waals surface area (Å²) in [5, 5.41) is 0. The van der Waals surface area contributed by atoms with Gasteiger partial charge in [0.25, 0.3) is 0 Å². The van der Waals surface area contributed by atoms with Gasteiger partial charge in [0, 0.05) is 11.6 Å². The minimum atomic E-state index is -4.49. The second-order valence-corrected chi connectivity index (χ2v) is 4.00. The summed E-state index contributed by atoms with van der Waals surface area (Å²) in [7, 11) is 0. The number of hydrogen-bond acceptors (Lipinski definition) is 1. The molecule has 0 radical (unpaired) electrons. The third kappa shape index (κ3) is 4.31. The van der Waals surface area contributed by atoms with Gasteiger partial charge in [-0.3, -0.25) is 0 Å². The van der Waals surface area contributed by atoms with Gasteiger partial charge in [-0.1, -0.05) is 5.57 Å². The first-order valence-electron chi connectivity index (χ1n) is 4.98. The van der Waals surface area contributed by atoms with Gasteiger partial charge in [0.15, 0.2) is 0 Å². The van der Waals surface area contributed by atoms with Crippen LogP contribution in [0.1, 0.15) is 30.5 Å². The summed E-state index contributed by atoms with van der Waals surface area (Å²) < 4.78 is 50.7. The Morgan fingerprint density at radius 1 is 1.39 bits per heavy atom. The van der Waals surface area contributed by atoms with E-state index in [1.807, 2.05) is 0 Å². The highest BCUT2D eigenvalue weighted by atomic mass is 35.5. The van der Waals surface area contributed by atoms with Crippen molar-refractivity contribution in [2.24, 2.45) is 5.73 Å². The SMILES string of the molecule is C=C(C)C[C@@H](N)c1cc(C(F)(F)F)ccc1F.Cl. The van der Waals surface area contributed by atoms with Crippen molar-refractivity contribution in [2.45, 2.75) is 25.6 Å². The minimum Gasteiger partial charge on any atom is -0.324 e. The standard InChI is InChI=1S/C12H13F4N.ClH/c1-7(2)5-11(17)9-6-8(12(14,15)16)3-4-10(9)13;/h3-4,6,11H,1,5,17H2,2H3;1H/t11-;/m1./s1. The van der Waals surface area contributed by atoms with Crippen LogP contribution in [0.5, 0.6) is 0 Å². The molecule has 0 aliphatic heterocycles. The Balaban J connectivity index is 0.00000289. The summed E-state index contributed by atoms with van der Waals surface area (Å²) >= 11 is 0. The van der Waals surface area contributed by atoms with Gasteiger partial charge in [0.05, 0.1) is 5.56 Å². The molecule has 0 amide bonds. The third-order valence-electron chi connectivity index (χ3n) is 2.29. The maximum absolute atomic E-state index is 13.4. The van der Waals surface area contributed by atoms with E-state index in [4.69, 9.17) is 5.73 Å². The molecule has 18 heavy (non-hydrogen) atoms. The number of nitrogens with two attached hydrogens (primary N) is 1. The van der Waals surface area contributed by atoms with Gasteiger partial charge in [-0.15, -0.1) is 19.0 Å². The van der Waals surface area contributed by atoms with E-state index in [0.717, 1.165) is 12.1 Å². The maximum atomic E-state index is 13.4. The lowest BCUT2D eigenvalue weighted by molar-refractivity contribution is -0.137. The van der Waals surface area contributed by atoms with E-state index in [-0.39, 0.29) is 24.4 Å². The van der Waals surface area contributed by atoms with Crippen LogP contribution >= 0.6 is 12.4 Å². The lowest BCUT2D eigenvalue weighted by Crippen LogP contribution is -2.14. The molecule has 1 nitrogen and oxygen atoms in total. The first-order valence-corrected chi connectivity index (χ1v) is 4.98. The Bertz CT molecular complexity index is 429. The molecule has 0 aliphatic carbocycles. The Hall–Kier alpha value is -1.07. The van der Waals surface area contributed by atoms with E-state index in [1.54, 1.807) is 6.92 Å². The Kier molecular flexibility index (Phi) is 5.83. The van der Waals surface area contributed by atoms with E-state index in [1.165, 1.54) is 0 Å². The highest BCUT2D eigenvalue weighted by Crippen LogP contribution is 2.32. The maximum Gasteiger partial charge on any atom is 0.416 e. The Labute approximate surface area is 109 Å². The molecule has 0 unspecified atom stereocenters. The van der Waals surface area contributed by atoms with Crippen LogP contribution < -0.4 is 5.73 Å². The van der Waals surface area contributed by atoms with Crippen molar-refractivity contribution in [1.82, 2.24) is 0 Å². The first kappa shape index (κ1) is 16.9. The lowest BCUT2D eigenvalue weighted by Gasteiger charge is -2.15. The molecule has 0 spiro atoms. The van der Waals surface area contributed by atoms with E-state index in [0.29, 0.717) is 11.6 Å². The van der Waals surface area contributed by atoms with Crippen molar-refractivity contribution in [3.8, 4) is 0 Å². The number of halogens is 5. The second kappa shape index (κ2) is 6.20. The lowest BCUT2D eigenvalue weighted by atomic mass is 9.98. The minimum absolute atomic E-state index is 0. The van der Waals surface area contributed by atoms with Gasteiger partial charge in [-0.2, -0.15) is 13.2 Å². The molecule has 0 fully saturated rings. The molecule has 0 aromatic heterocycles. The number of benzene rings is 1. The second-order valence-electron chi connectivity index (χ2n) is 4.00. The van der Waals surface area contributed by atoms with E-state index in [9.17, 15) is 17.6 Å². The highest BCUT2D eigenvalue weighted by Gasteiger charge is 2.31. The fraction of sp³-hybridized carbons (Fsp3) is 0.333. The smallest absolute Gasteiger partial charge is 0.324 e. The summed E-state index contributed by atoms with van der Waals surface area (Å²) in [5.74, 6) is -0.730. The molecule has 0 saturated heterocycles. The summed E-state index contributed by atoms with van der Waals surface area (Å²) in [6, 6.07) is 1.43. The predicted octanol–water partition coefficient (Wildman–Crippen LogP) is 4.23. The largest absolute Gasteiger partial charge is 0.416 e. The van der Waals surface area contributed by atoms with Crippen LogP contribution in [-0.4, -0.2) is 0 Å². The summed E-state index contributed by atoms with van der Waals surface area (Å²) in [6.45, 7) is 5.28. The van der Waals surface area contributed by atoms with Crippen LogP contribution in [0.15, 0.2) is 30.4 Å². The topological polar surface area (TPSA) is 26.0 Å². The molecule has 1 aromatic carbocycles.